The highest BCUT2D eigenvalue weighted by atomic mass is 16.6. The quantitative estimate of drug-likeness (QED) is 0.431. The van der Waals surface area contributed by atoms with Gasteiger partial charge in [0.05, 0.1) is 12.3 Å². The van der Waals surface area contributed by atoms with Gasteiger partial charge >= 0.3 is 17.9 Å². The van der Waals surface area contributed by atoms with E-state index >= 15 is 0 Å². The van der Waals surface area contributed by atoms with Gasteiger partial charge < -0.3 is 9.47 Å². The summed E-state index contributed by atoms with van der Waals surface area (Å²) in [4.78, 5) is 34.0. The van der Waals surface area contributed by atoms with Crippen molar-refractivity contribution in [3.8, 4) is 0 Å². The van der Waals surface area contributed by atoms with Crippen molar-refractivity contribution in [1.29, 1.82) is 0 Å². The van der Waals surface area contributed by atoms with Gasteiger partial charge in [-0.3, -0.25) is 9.59 Å². The predicted octanol–water partition coefficient (Wildman–Crippen LogP) is 1.36. The minimum absolute atomic E-state index is 0.103. The number of hydrogen-bond donors (Lipinski definition) is 0. The summed E-state index contributed by atoms with van der Waals surface area (Å²) >= 11 is 0. The minimum Gasteiger partial charge on any atom is -0.459 e. The summed E-state index contributed by atoms with van der Waals surface area (Å²) < 4.78 is 9.84. The average molecular weight is 252 g/mol. The zero-order chi connectivity index (χ0) is 13.1. The van der Waals surface area contributed by atoms with Crippen LogP contribution in [-0.4, -0.2) is 24.0 Å². The highest BCUT2D eigenvalue weighted by Crippen LogP contribution is 2.37. The molecule has 1 aliphatic heterocycles. The number of carbonyl (C=O) groups is 3. The molecule has 2 rings (SSSR count). The van der Waals surface area contributed by atoms with Crippen LogP contribution in [0.5, 0.6) is 0 Å². The van der Waals surface area contributed by atoms with Crippen LogP contribution >= 0.6 is 0 Å². The van der Waals surface area contributed by atoms with Gasteiger partial charge in [-0.15, -0.1) is 0 Å². The Labute approximate surface area is 105 Å². The van der Waals surface area contributed by atoms with Crippen LogP contribution in [0.4, 0.5) is 0 Å². The Morgan fingerprint density at radius 3 is 2.67 bits per heavy atom. The van der Waals surface area contributed by atoms with Crippen molar-refractivity contribution in [2.75, 3.05) is 0 Å². The summed E-state index contributed by atoms with van der Waals surface area (Å²) in [5.74, 6) is -2.01. The second-order valence-corrected chi connectivity index (χ2v) is 4.73. The van der Waals surface area contributed by atoms with Gasteiger partial charge in [0.1, 0.15) is 6.10 Å². The predicted molar refractivity (Wildman–Crippen MR) is 61.2 cm³/mol. The highest BCUT2D eigenvalue weighted by Gasteiger charge is 2.44. The number of hydrogen-bond acceptors (Lipinski definition) is 5. The van der Waals surface area contributed by atoms with Crippen molar-refractivity contribution < 1.29 is 23.9 Å². The van der Waals surface area contributed by atoms with Crippen molar-refractivity contribution in [1.82, 2.24) is 0 Å². The number of esters is 3. The molecule has 2 fully saturated rings. The first-order valence-electron chi connectivity index (χ1n) is 6.19. The zero-order valence-electron chi connectivity index (χ0n) is 10.1. The van der Waals surface area contributed by atoms with Crippen molar-refractivity contribution in [2.24, 2.45) is 11.8 Å². The molecule has 0 spiro atoms. The molecule has 0 aromatic heterocycles. The lowest BCUT2D eigenvalue weighted by molar-refractivity contribution is -0.158. The zero-order valence-corrected chi connectivity index (χ0v) is 10.1. The Kier molecular flexibility index (Phi) is 3.79. The van der Waals surface area contributed by atoms with E-state index in [4.69, 9.17) is 4.74 Å². The van der Waals surface area contributed by atoms with E-state index in [0.29, 0.717) is 0 Å². The van der Waals surface area contributed by atoms with E-state index < -0.39 is 23.8 Å². The standard InChI is InChI=1S/C13H16O5/c1-2-11(14)17-10-6-4-3-5-8(10)9-7-12(15)18-13(9)16/h2,8-10H,1,3-7H2. The number of carbonyl (C=O) groups excluding carboxylic acids is 3. The summed E-state index contributed by atoms with van der Waals surface area (Å²) in [5.41, 5.74) is 0. The van der Waals surface area contributed by atoms with Crippen LogP contribution in [0.15, 0.2) is 12.7 Å². The van der Waals surface area contributed by atoms with Gasteiger partial charge in [-0.05, 0) is 19.3 Å². The largest absolute Gasteiger partial charge is 0.459 e. The molecule has 0 aromatic carbocycles. The smallest absolute Gasteiger partial charge is 0.330 e. The molecule has 0 N–H and O–H groups in total. The van der Waals surface area contributed by atoms with Gasteiger partial charge in [0, 0.05) is 12.0 Å². The fourth-order valence-corrected chi connectivity index (χ4v) is 2.75. The molecule has 0 aromatic rings. The topological polar surface area (TPSA) is 69.7 Å². The third kappa shape index (κ3) is 2.60. The van der Waals surface area contributed by atoms with E-state index in [0.717, 1.165) is 31.8 Å². The normalized spacial score (nSPS) is 31.9. The van der Waals surface area contributed by atoms with Gasteiger partial charge in [-0.2, -0.15) is 0 Å². The van der Waals surface area contributed by atoms with Crippen molar-refractivity contribution in [2.45, 2.75) is 38.2 Å². The van der Waals surface area contributed by atoms with E-state index in [1.165, 1.54) is 0 Å². The van der Waals surface area contributed by atoms with Crippen LogP contribution in [-0.2, 0) is 23.9 Å². The summed E-state index contributed by atoms with van der Waals surface area (Å²) in [7, 11) is 0. The summed E-state index contributed by atoms with van der Waals surface area (Å²) in [5, 5.41) is 0. The molecule has 5 heteroatoms. The van der Waals surface area contributed by atoms with Gasteiger partial charge in [-0.1, -0.05) is 13.0 Å². The molecule has 1 heterocycles. The first-order valence-corrected chi connectivity index (χ1v) is 6.19. The Hall–Kier alpha value is -1.65. The molecule has 1 saturated carbocycles. The maximum absolute atomic E-state index is 11.6. The van der Waals surface area contributed by atoms with Crippen LogP contribution in [0.2, 0.25) is 0 Å². The Morgan fingerprint density at radius 1 is 1.33 bits per heavy atom. The third-order valence-corrected chi connectivity index (χ3v) is 3.61. The van der Waals surface area contributed by atoms with Gasteiger partial charge in [0.15, 0.2) is 0 Å². The van der Waals surface area contributed by atoms with E-state index in [-0.39, 0.29) is 18.4 Å². The molecular formula is C13H16O5. The molecule has 5 nitrogen and oxygen atoms in total. The number of rotatable bonds is 3. The Morgan fingerprint density at radius 2 is 2.06 bits per heavy atom. The van der Waals surface area contributed by atoms with Crippen molar-refractivity contribution in [3.05, 3.63) is 12.7 Å². The molecule has 1 aliphatic carbocycles. The van der Waals surface area contributed by atoms with Crippen LogP contribution in [0.3, 0.4) is 0 Å². The number of cyclic esters (lactones) is 2. The summed E-state index contributed by atoms with van der Waals surface area (Å²) in [6, 6.07) is 0. The lowest BCUT2D eigenvalue weighted by atomic mass is 9.77. The minimum atomic E-state index is -0.482. The highest BCUT2D eigenvalue weighted by molar-refractivity contribution is 5.94. The molecule has 0 amide bonds. The second-order valence-electron chi connectivity index (χ2n) is 4.73. The Balaban J connectivity index is 2.07. The Bertz CT molecular complexity index is 387. The number of ether oxygens (including phenoxy) is 2. The monoisotopic (exact) mass is 252 g/mol. The molecule has 3 atom stereocenters. The van der Waals surface area contributed by atoms with E-state index in [1.807, 2.05) is 0 Å². The molecule has 3 unspecified atom stereocenters. The third-order valence-electron chi connectivity index (χ3n) is 3.61. The first kappa shape index (κ1) is 12.8. The average Bonchev–Trinajstić information content (AvgIpc) is 2.69. The SMILES string of the molecule is C=CC(=O)OC1CCCCC1C1CC(=O)OC1=O. The summed E-state index contributed by atoms with van der Waals surface area (Å²) in [6.45, 7) is 3.36. The fraction of sp³-hybridized carbons (Fsp3) is 0.615. The van der Waals surface area contributed by atoms with E-state index in [1.54, 1.807) is 0 Å². The molecule has 98 valence electrons. The van der Waals surface area contributed by atoms with Gasteiger partial charge in [0.2, 0.25) is 0 Å². The van der Waals surface area contributed by atoms with Crippen molar-refractivity contribution in [3.63, 3.8) is 0 Å². The van der Waals surface area contributed by atoms with Crippen LogP contribution in [0, 0.1) is 11.8 Å². The molecular weight excluding hydrogens is 236 g/mol. The van der Waals surface area contributed by atoms with E-state index in [2.05, 4.69) is 11.3 Å². The molecule has 18 heavy (non-hydrogen) atoms. The molecule has 0 bridgehead atoms. The maximum atomic E-state index is 11.6. The molecule has 2 aliphatic rings. The summed E-state index contributed by atoms with van der Waals surface area (Å²) in [6.07, 6.45) is 4.35. The van der Waals surface area contributed by atoms with Crippen LogP contribution in [0.25, 0.3) is 0 Å². The molecule has 1 saturated heterocycles. The van der Waals surface area contributed by atoms with Crippen LogP contribution < -0.4 is 0 Å². The first-order chi connectivity index (χ1) is 8.61. The second kappa shape index (κ2) is 5.33. The molecule has 0 radical (unpaired) electrons. The van der Waals surface area contributed by atoms with Gasteiger partial charge in [-0.25, -0.2) is 4.79 Å². The fourth-order valence-electron chi connectivity index (χ4n) is 2.75. The van der Waals surface area contributed by atoms with Crippen LogP contribution in [0.1, 0.15) is 32.1 Å². The lowest BCUT2D eigenvalue weighted by Crippen LogP contribution is -2.36. The van der Waals surface area contributed by atoms with Crippen molar-refractivity contribution >= 4 is 17.9 Å². The van der Waals surface area contributed by atoms with E-state index in [9.17, 15) is 14.4 Å². The van der Waals surface area contributed by atoms with Gasteiger partial charge in [0.25, 0.3) is 0 Å². The lowest BCUT2D eigenvalue weighted by Gasteiger charge is -2.32. The maximum Gasteiger partial charge on any atom is 0.330 e.